The van der Waals surface area contributed by atoms with Gasteiger partial charge in [0, 0.05) is 44.1 Å². The molecule has 3 heterocycles. The van der Waals surface area contributed by atoms with Gasteiger partial charge in [0.05, 0.1) is 0 Å². The van der Waals surface area contributed by atoms with Crippen LogP contribution in [0.5, 0.6) is 0 Å². The minimum atomic E-state index is 0.257. The third kappa shape index (κ3) is 4.49. The quantitative estimate of drug-likeness (QED) is 0.762. The van der Waals surface area contributed by atoms with Crippen molar-refractivity contribution in [1.82, 2.24) is 14.7 Å². The second-order valence-corrected chi connectivity index (χ2v) is 9.23. The van der Waals surface area contributed by atoms with E-state index in [1.807, 2.05) is 0 Å². The van der Waals surface area contributed by atoms with E-state index in [2.05, 4.69) is 14.7 Å². The molecule has 5 heteroatoms. The maximum absolute atomic E-state index is 12.8. The number of nitrogens with zero attached hydrogens (tertiary/aromatic N) is 3. The van der Waals surface area contributed by atoms with E-state index < -0.39 is 0 Å². The van der Waals surface area contributed by atoms with Gasteiger partial charge in [-0.05, 0) is 64.5 Å². The highest BCUT2D eigenvalue weighted by atomic mass is 16.2. The highest BCUT2D eigenvalue weighted by molar-refractivity contribution is 5.79. The molecule has 27 heavy (non-hydrogen) atoms. The molecule has 1 saturated carbocycles. The van der Waals surface area contributed by atoms with Crippen LogP contribution in [0, 0.1) is 11.8 Å². The largest absolute Gasteiger partial charge is 0.342 e. The number of rotatable bonds is 3. The summed E-state index contributed by atoms with van der Waals surface area (Å²) in [4.78, 5) is 32.2. The summed E-state index contributed by atoms with van der Waals surface area (Å²) < 4.78 is 0. The molecular weight excluding hydrogens is 338 g/mol. The van der Waals surface area contributed by atoms with Crippen LogP contribution < -0.4 is 0 Å². The van der Waals surface area contributed by atoms with Crippen LogP contribution in [-0.2, 0) is 9.59 Å². The predicted molar refractivity (Wildman–Crippen MR) is 106 cm³/mol. The van der Waals surface area contributed by atoms with Crippen molar-refractivity contribution >= 4 is 11.8 Å². The van der Waals surface area contributed by atoms with Crippen LogP contribution in [0.15, 0.2) is 0 Å². The maximum Gasteiger partial charge on any atom is 0.225 e. The van der Waals surface area contributed by atoms with E-state index in [1.54, 1.807) is 0 Å². The van der Waals surface area contributed by atoms with E-state index in [1.165, 1.54) is 32.1 Å². The Morgan fingerprint density at radius 1 is 0.519 bits per heavy atom. The molecule has 0 radical (unpaired) electrons. The summed E-state index contributed by atoms with van der Waals surface area (Å²) >= 11 is 0. The molecule has 0 aromatic rings. The molecule has 0 atom stereocenters. The van der Waals surface area contributed by atoms with Crippen LogP contribution in [0.4, 0.5) is 0 Å². The highest BCUT2D eigenvalue weighted by Gasteiger charge is 2.34. The van der Waals surface area contributed by atoms with Crippen molar-refractivity contribution in [2.45, 2.75) is 76.7 Å². The van der Waals surface area contributed by atoms with Gasteiger partial charge >= 0.3 is 0 Å². The Labute approximate surface area is 164 Å². The van der Waals surface area contributed by atoms with Crippen LogP contribution in [-0.4, -0.2) is 71.8 Å². The van der Waals surface area contributed by atoms with Crippen molar-refractivity contribution in [3.05, 3.63) is 0 Å². The molecule has 0 aromatic heterocycles. The topological polar surface area (TPSA) is 43.9 Å². The predicted octanol–water partition coefficient (Wildman–Crippen LogP) is 2.89. The van der Waals surface area contributed by atoms with Crippen LogP contribution in [0.3, 0.4) is 0 Å². The SMILES string of the molecule is O=C(C1CCN(C2CCN(C(=O)C3CCCCC3)CC2)CC1)N1CCCC1. The lowest BCUT2D eigenvalue weighted by Gasteiger charge is -2.42. The Morgan fingerprint density at radius 3 is 1.63 bits per heavy atom. The van der Waals surface area contributed by atoms with E-state index in [9.17, 15) is 9.59 Å². The third-order valence-electron chi connectivity index (χ3n) is 7.54. The molecule has 4 aliphatic rings. The van der Waals surface area contributed by atoms with Crippen LogP contribution >= 0.6 is 0 Å². The van der Waals surface area contributed by atoms with E-state index in [0.29, 0.717) is 23.8 Å². The zero-order valence-electron chi connectivity index (χ0n) is 16.9. The number of carbonyl (C=O) groups excluding carboxylic acids is 2. The first-order valence-corrected chi connectivity index (χ1v) is 11.5. The summed E-state index contributed by atoms with van der Waals surface area (Å²) in [6.07, 6.45) is 12.6. The number of amides is 2. The van der Waals surface area contributed by atoms with Gasteiger partial charge in [0.1, 0.15) is 0 Å². The minimum Gasteiger partial charge on any atom is -0.342 e. The molecule has 152 valence electrons. The van der Waals surface area contributed by atoms with Gasteiger partial charge in [-0.1, -0.05) is 19.3 Å². The monoisotopic (exact) mass is 375 g/mol. The van der Waals surface area contributed by atoms with Crippen molar-refractivity contribution < 1.29 is 9.59 Å². The van der Waals surface area contributed by atoms with Gasteiger partial charge in [0.15, 0.2) is 0 Å². The lowest BCUT2D eigenvalue weighted by molar-refractivity contribution is -0.139. The molecule has 0 unspecified atom stereocenters. The fourth-order valence-electron chi connectivity index (χ4n) is 5.77. The molecule has 0 aromatic carbocycles. The number of hydrogen-bond donors (Lipinski definition) is 0. The molecule has 3 aliphatic heterocycles. The third-order valence-corrected chi connectivity index (χ3v) is 7.54. The fourth-order valence-corrected chi connectivity index (χ4v) is 5.77. The molecule has 1 aliphatic carbocycles. The average molecular weight is 376 g/mol. The van der Waals surface area contributed by atoms with E-state index in [-0.39, 0.29) is 5.92 Å². The van der Waals surface area contributed by atoms with Gasteiger partial charge in [-0.15, -0.1) is 0 Å². The normalized spacial score (nSPS) is 27.3. The molecule has 0 bridgehead atoms. The average Bonchev–Trinajstić information content (AvgIpc) is 3.28. The molecule has 4 fully saturated rings. The number of hydrogen-bond acceptors (Lipinski definition) is 3. The van der Waals surface area contributed by atoms with Crippen molar-refractivity contribution in [1.29, 1.82) is 0 Å². The maximum atomic E-state index is 12.8. The Balaban J connectivity index is 1.20. The van der Waals surface area contributed by atoms with Gasteiger partial charge in [0.2, 0.25) is 11.8 Å². The van der Waals surface area contributed by atoms with Crippen molar-refractivity contribution in [3.8, 4) is 0 Å². The van der Waals surface area contributed by atoms with Gasteiger partial charge in [-0.3, -0.25) is 9.59 Å². The van der Waals surface area contributed by atoms with Crippen LogP contribution in [0.25, 0.3) is 0 Å². The van der Waals surface area contributed by atoms with E-state index in [0.717, 1.165) is 77.8 Å². The van der Waals surface area contributed by atoms with Crippen LogP contribution in [0.1, 0.15) is 70.6 Å². The minimum absolute atomic E-state index is 0.257. The molecule has 5 nitrogen and oxygen atoms in total. The van der Waals surface area contributed by atoms with Crippen molar-refractivity contribution in [2.24, 2.45) is 11.8 Å². The summed E-state index contributed by atoms with van der Waals surface area (Å²) in [5, 5.41) is 0. The van der Waals surface area contributed by atoms with Gasteiger partial charge in [0.25, 0.3) is 0 Å². The highest BCUT2D eigenvalue weighted by Crippen LogP contribution is 2.29. The first kappa shape index (κ1) is 19.2. The molecule has 3 saturated heterocycles. The zero-order chi connectivity index (χ0) is 18.6. The summed E-state index contributed by atoms with van der Waals surface area (Å²) in [5.41, 5.74) is 0. The Kier molecular flexibility index (Phi) is 6.36. The zero-order valence-corrected chi connectivity index (χ0v) is 16.9. The van der Waals surface area contributed by atoms with Gasteiger partial charge in [-0.25, -0.2) is 0 Å². The first-order chi connectivity index (χ1) is 13.2. The molecule has 0 spiro atoms. The molecule has 2 amide bonds. The molecule has 4 rings (SSSR count). The summed E-state index contributed by atoms with van der Waals surface area (Å²) in [7, 11) is 0. The Bertz CT molecular complexity index is 510. The van der Waals surface area contributed by atoms with E-state index >= 15 is 0 Å². The lowest BCUT2D eigenvalue weighted by atomic mass is 9.87. The number of piperidine rings is 2. The summed E-state index contributed by atoms with van der Waals surface area (Å²) in [6, 6.07) is 0.614. The Hall–Kier alpha value is -1.10. The second kappa shape index (κ2) is 8.93. The van der Waals surface area contributed by atoms with Crippen LogP contribution in [0.2, 0.25) is 0 Å². The van der Waals surface area contributed by atoms with Crippen molar-refractivity contribution in [3.63, 3.8) is 0 Å². The first-order valence-electron chi connectivity index (χ1n) is 11.5. The second-order valence-electron chi connectivity index (χ2n) is 9.23. The smallest absolute Gasteiger partial charge is 0.225 e. The number of likely N-dealkylation sites (tertiary alicyclic amines) is 3. The van der Waals surface area contributed by atoms with Gasteiger partial charge in [-0.2, -0.15) is 0 Å². The number of carbonyl (C=O) groups is 2. The Morgan fingerprint density at radius 2 is 1.04 bits per heavy atom. The van der Waals surface area contributed by atoms with Gasteiger partial charge < -0.3 is 14.7 Å². The van der Waals surface area contributed by atoms with Crippen molar-refractivity contribution in [2.75, 3.05) is 39.3 Å². The fraction of sp³-hybridized carbons (Fsp3) is 0.909. The summed E-state index contributed by atoms with van der Waals surface area (Å²) in [5.74, 6) is 1.41. The molecule has 0 N–H and O–H groups in total. The summed E-state index contributed by atoms with van der Waals surface area (Å²) in [6.45, 7) is 5.95. The van der Waals surface area contributed by atoms with E-state index in [4.69, 9.17) is 0 Å². The standard InChI is InChI=1S/C22H37N3O2/c26-21(18-6-2-1-3-7-18)25-16-10-20(11-17-25)23-14-8-19(9-15-23)22(27)24-12-4-5-13-24/h18-20H,1-17H2. The molecular formula is C22H37N3O2. The lowest BCUT2D eigenvalue weighted by Crippen LogP contribution is -2.51.